The minimum atomic E-state index is -0.935. The number of hydrogen-bond acceptors (Lipinski definition) is 6. The van der Waals surface area contributed by atoms with E-state index in [1.165, 1.54) is 16.2 Å². The highest BCUT2D eigenvalue weighted by molar-refractivity contribution is 7.15. The number of amides is 3. The molecule has 0 aliphatic carbocycles. The summed E-state index contributed by atoms with van der Waals surface area (Å²) in [7, 11) is 0. The molecule has 2 N–H and O–H groups in total. The minimum absolute atomic E-state index is 0.0584. The van der Waals surface area contributed by atoms with E-state index in [0.717, 1.165) is 10.6 Å². The number of aromatic nitrogens is 1. The van der Waals surface area contributed by atoms with Crippen LogP contribution in [0.15, 0.2) is 24.3 Å². The molecule has 2 aliphatic rings. The van der Waals surface area contributed by atoms with Crippen molar-refractivity contribution in [3.8, 4) is 5.75 Å². The Labute approximate surface area is 172 Å². The Morgan fingerprint density at radius 3 is 2.86 bits per heavy atom. The summed E-state index contributed by atoms with van der Waals surface area (Å²) in [5, 5.41) is 6.21. The maximum absolute atomic E-state index is 12.6. The summed E-state index contributed by atoms with van der Waals surface area (Å²) in [5.41, 5.74) is 0.429. The Bertz CT molecular complexity index is 969. The molecule has 2 aliphatic heterocycles. The largest absolute Gasteiger partial charge is 0.467 e. The monoisotopic (exact) mass is 414 g/mol. The first kappa shape index (κ1) is 19.4. The quantitative estimate of drug-likeness (QED) is 0.802. The van der Waals surface area contributed by atoms with E-state index in [1.54, 1.807) is 18.2 Å². The summed E-state index contributed by atoms with van der Waals surface area (Å²) in [5.74, 6) is -0.119. The van der Waals surface area contributed by atoms with Crippen LogP contribution in [0.25, 0.3) is 0 Å². The van der Waals surface area contributed by atoms with Gasteiger partial charge in [-0.3, -0.25) is 14.4 Å². The highest BCUT2D eigenvalue weighted by Gasteiger charge is 2.42. The van der Waals surface area contributed by atoms with Crippen molar-refractivity contribution < 1.29 is 19.1 Å². The zero-order chi connectivity index (χ0) is 20.6. The number of thiazole rings is 1. The fourth-order valence-corrected chi connectivity index (χ4v) is 4.37. The van der Waals surface area contributed by atoms with Crippen LogP contribution < -0.4 is 15.4 Å². The molecule has 0 unspecified atom stereocenters. The van der Waals surface area contributed by atoms with Gasteiger partial charge in [-0.25, -0.2) is 4.98 Å². The Hall–Kier alpha value is -2.94. The molecule has 0 saturated carbocycles. The summed E-state index contributed by atoms with van der Waals surface area (Å²) in [6, 6.07) is 7.05. The van der Waals surface area contributed by atoms with Crippen molar-refractivity contribution >= 4 is 34.2 Å². The SMILES string of the molecule is Cc1nc(NC(=O)CN2CC[C@]3(CCC2=O)NC(=O)c2ccccc2O3)sc1C. The van der Waals surface area contributed by atoms with Gasteiger partial charge in [-0.15, -0.1) is 11.3 Å². The fraction of sp³-hybridized carbons (Fsp3) is 0.400. The predicted octanol–water partition coefficient (Wildman–Crippen LogP) is 2.23. The van der Waals surface area contributed by atoms with Crippen LogP contribution in [-0.2, 0) is 9.59 Å². The molecule has 0 radical (unpaired) electrons. The summed E-state index contributed by atoms with van der Waals surface area (Å²) in [6.45, 7) is 4.08. The molecule has 1 saturated heterocycles. The second-order valence-electron chi connectivity index (χ2n) is 7.32. The van der Waals surface area contributed by atoms with Crippen molar-refractivity contribution in [1.82, 2.24) is 15.2 Å². The van der Waals surface area contributed by atoms with Crippen LogP contribution in [0.3, 0.4) is 0 Å². The molecular weight excluding hydrogens is 392 g/mol. The Morgan fingerprint density at radius 1 is 1.31 bits per heavy atom. The number of benzene rings is 1. The first-order valence-corrected chi connectivity index (χ1v) is 10.3. The van der Waals surface area contributed by atoms with Gasteiger partial charge in [-0.05, 0) is 26.0 Å². The van der Waals surface area contributed by atoms with Gasteiger partial charge in [0.05, 0.1) is 17.8 Å². The third-order valence-corrected chi connectivity index (χ3v) is 6.26. The van der Waals surface area contributed by atoms with E-state index in [-0.39, 0.29) is 30.7 Å². The highest BCUT2D eigenvalue weighted by Crippen LogP contribution is 2.33. The van der Waals surface area contributed by atoms with E-state index in [1.807, 2.05) is 19.9 Å². The number of carbonyl (C=O) groups excluding carboxylic acids is 3. The average molecular weight is 414 g/mol. The second kappa shape index (κ2) is 7.47. The third-order valence-electron chi connectivity index (χ3n) is 5.27. The number of hydrogen-bond donors (Lipinski definition) is 2. The van der Waals surface area contributed by atoms with Crippen LogP contribution >= 0.6 is 11.3 Å². The summed E-state index contributed by atoms with van der Waals surface area (Å²) >= 11 is 1.41. The molecule has 152 valence electrons. The van der Waals surface area contributed by atoms with Gasteiger partial charge in [-0.1, -0.05) is 12.1 Å². The van der Waals surface area contributed by atoms with Gasteiger partial charge < -0.3 is 20.3 Å². The Kier molecular flexibility index (Phi) is 4.99. The molecular formula is C20H22N4O4S. The molecule has 1 fully saturated rings. The highest BCUT2D eigenvalue weighted by atomic mass is 32.1. The minimum Gasteiger partial charge on any atom is -0.467 e. The summed E-state index contributed by atoms with van der Waals surface area (Å²) in [4.78, 5) is 44.3. The standard InChI is InChI=1S/C20H22N4O4S/c1-12-13(2)29-19(21-12)22-16(25)11-24-10-9-20(8-7-17(24)26)23-18(27)14-5-3-4-6-15(14)28-20/h3-6H,7-11H2,1-2H3,(H,23,27)(H,21,22,25)/t20-/m1/s1. The van der Waals surface area contributed by atoms with Crippen LogP contribution in [0.1, 0.15) is 40.2 Å². The molecule has 1 aromatic heterocycles. The normalized spacial score (nSPS) is 21.2. The number of likely N-dealkylation sites (tertiary alicyclic amines) is 1. The van der Waals surface area contributed by atoms with Gasteiger partial charge in [-0.2, -0.15) is 0 Å². The van der Waals surface area contributed by atoms with Crippen molar-refractivity contribution in [3.63, 3.8) is 0 Å². The van der Waals surface area contributed by atoms with Crippen molar-refractivity contribution in [2.24, 2.45) is 0 Å². The van der Waals surface area contributed by atoms with Gasteiger partial charge in [0.1, 0.15) is 5.75 Å². The molecule has 2 aromatic rings. The van der Waals surface area contributed by atoms with E-state index >= 15 is 0 Å². The lowest BCUT2D eigenvalue weighted by Crippen LogP contribution is -2.56. The van der Waals surface area contributed by atoms with Crippen LogP contribution in [0.4, 0.5) is 5.13 Å². The number of aryl methyl sites for hydroxylation is 2. The molecule has 8 nitrogen and oxygen atoms in total. The second-order valence-corrected chi connectivity index (χ2v) is 8.52. The summed E-state index contributed by atoms with van der Waals surface area (Å²) in [6.07, 6.45) is 0.946. The third kappa shape index (κ3) is 3.95. The lowest BCUT2D eigenvalue weighted by molar-refractivity contribution is -0.134. The number of ether oxygens (including phenoxy) is 1. The van der Waals surface area contributed by atoms with Gasteiger partial charge in [0, 0.05) is 30.7 Å². The lowest BCUT2D eigenvalue weighted by atomic mass is 10.0. The van der Waals surface area contributed by atoms with E-state index in [0.29, 0.717) is 35.8 Å². The van der Waals surface area contributed by atoms with Gasteiger partial charge >= 0.3 is 0 Å². The van der Waals surface area contributed by atoms with Crippen molar-refractivity contribution in [2.75, 3.05) is 18.4 Å². The first-order valence-electron chi connectivity index (χ1n) is 9.47. The van der Waals surface area contributed by atoms with Crippen LogP contribution in [0.5, 0.6) is 5.75 Å². The lowest BCUT2D eigenvalue weighted by Gasteiger charge is -2.38. The fourth-order valence-electron chi connectivity index (χ4n) is 3.54. The van der Waals surface area contributed by atoms with Crippen molar-refractivity contribution in [2.45, 2.75) is 38.8 Å². The zero-order valence-electron chi connectivity index (χ0n) is 16.3. The molecule has 1 atom stereocenters. The number of fused-ring (bicyclic) bond motifs is 1. The maximum atomic E-state index is 12.6. The molecule has 3 heterocycles. The number of anilines is 1. The van der Waals surface area contributed by atoms with Crippen LogP contribution in [-0.4, -0.2) is 46.4 Å². The summed E-state index contributed by atoms with van der Waals surface area (Å²) < 4.78 is 6.10. The van der Waals surface area contributed by atoms with Gasteiger partial charge in [0.15, 0.2) is 10.9 Å². The molecule has 3 amide bonds. The zero-order valence-corrected chi connectivity index (χ0v) is 17.1. The van der Waals surface area contributed by atoms with E-state index < -0.39 is 5.72 Å². The molecule has 1 spiro atoms. The van der Waals surface area contributed by atoms with Crippen LogP contribution in [0.2, 0.25) is 0 Å². The topological polar surface area (TPSA) is 101 Å². The van der Waals surface area contributed by atoms with Gasteiger partial charge in [0.2, 0.25) is 11.8 Å². The van der Waals surface area contributed by atoms with Gasteiger partial charge in [0.25, 0.3) is 5.91 Å². The van der Waals surface area contributed by atoms with E-state index in [4.69, 9.17) is 4.74 Å². The van der Waals surface area contributed by atoms with Crippen LogP contribution in [0, 0.1) is 13.8 Å². The number of rotatable bonds is 3. The molecule has 1 aromatic carbocycles. The molecule has 0 bridgehead atoms. The first-order chi connectivity index (χ1) is 13.8. The number of nitrogens with one attached hydrogen (secondary N) is 2. The van der Waals surface area contributed by atoms with E-state index in [2.05, 4.69) is 15.6 Å². The molecule has 4 rings (SSSR count). The number of carbonyl (C=O) groups is 3. The van der Waals surface area contributed by atoms with Crippen molar-refractivity contribution in [3.05, 3.63) is 40.4 Å². The predicted molar refractivity (Wildman–Crippen MR) is 108 cm³/mol. The molecule has 29 heavy (non-hydrogen) atoms. The molecule has 9 heteroatoms. The maximum Gasteiger partial charge on any atom is 0.258 e. The Balaban J connectivity index is 1.43. The number of nitrogens with zero attached hydrogens (tertiary/aromatic N) is 2. The smallest absolute Gasteiger partial charge is 0.258 e. The van der Waals surface area contributed by atoms with Crippen molar-refractivity contribution in [1.29, 1.82) is 0 Å². The Morgan fingerprint density at radius 2 is 2.10 bits per heavy atom. The van der Waals surface area contributed by atoms with E-state index in [9.17, 15) is 14.4 Å². The average Bonchev–Trinajstić information content (AvgIpc) is 2.92. The number of para-hydroxylation sites is 1.